The summed E-state index contributed by atoms with van der Waals surface area (Å²) in [6.45, 7) is 3.17. The minimum absolute atomic E-state index is 0.0558. The summed E-state index contributed by atoms with van der Waals surface area (Å²) in [5.74, 6) is 1.17. The van der Waals surface area contributed by atoms with E-state index in [1.165, 1.54) is 29.5 Å². The van der Waals surface area contributed by atoms with Crippen molar-refractivity contribution in [2.75, 3.05) is 27.2 Å². The molecule has 0 bridgehead atoms. The monoisotopic (exact) mass is 412 g/mol. The molecular weight excluding hydrogens is 380 g/mol. The highest BCUT2D eigenvalue weighted by Gasteiger charge is 2.28. The third-order valence-corrected chi connectivity index (χ3v) is 6.43. The molecule has 160 valence electrons. The normalized spacial score (nSPS) is 15.2. The first-order valence-corrected chi connectivity index (χ1v) is 11.2. The van der Waals surface area contributed by atoms with E-state index in [1.807, 2.05) is 12.1 Å². The molecule has 4 rings (SSSR count). The largest absolute Gasteiger partial charge is 0.345 e. The number of rotatable bonds is 6. The van der Waals surface area contributed by atoms with Crippen molar-refractivity contribution >= 4 is 5.91 Å². The number of piperidine rings is 1. The van der Waals surface area contributed by atoms with Crippen LogP contribution in [0, 0.1) is 5.92 Å². The molecule has 31 heavy (non-hydrogen) atoms. The van der Waals surface area contributed by atoms with Crippen LogP contribution in [0.1, 0.15) is 45.8 Å². The quantitative estimate of drug-likeness (QED) is 0.539. The Labute approximate surface area is 186 Å². The van der Waals surface area contributed by atoms with Gasteiger partial charge in [-0.15, -0.1) is 0 Å². The van der Waals surface area contributed by atoms with Crippen molar-refractivity contribution in [3.63, 3.8) is 0 Å². The molecule has 3 aromatic carbocycles. The topological polar surface area (TPSA) is 23.6 Å². The highest BCUT2D eigenvalue weighted by molar-refractivity contribution is 5.93. The lowest BCUT2D eigenvalue weighted by Crippen LogP contribution is -2.35. The van der Waals surface area contributed by atoms with Gasteiger partial charge >= 0.3 is 0 Å². The molecule has 0 aliphatic carbocycles. The number of hydrogen-bond acceptors (Lipinski definition) is 2. The summed E-state index contributed by atoms with van der Waals surface area (Å²) < 4.78 is 0. The lowest BCUT2D eigenvalue weighted by Gasteiger charge is -2.36. The fourth-order valence-electron chi connectivity index (χ4n) is 4.77. The molecular formula is C28H32N2O. The molecule has 0 atom stereocenters. The SMILES string of the molecule is CN(C)C(=O)c1ccc(CN2CCC(C(c3ccccc3)c3ccccc3)CC2)cc1. The Balaban J connectivity index is 1.41. The summed E-state index contributed by atoms with van der Waals surface area (Å²) in [5, 5.41) is 0. The van der Waals surface area contributed by atoms with Gasteiger partial charge in [-0.3, -0.25) is 9.69 Å². The Morgan fingerprint density at radius 2 is 1.35 bits per heavy atom. The Bertz CT molecular complexity index is 919. The lowest BCUT2D eigenvalue weighted by molar-refractivity contribution is 0.0827. The fourth-order valence-corrected chi connectivity index (χ4v) is 4.77. The standard InChI is InChI=1S/C28H32N2O/c1-29(2)28(31)26-15-13-22(14-16-26)21-30-19-17-25(18-20-30)27(23-9-5-3-6-10-23)24-11-7-4-8-12-24/h3-16,25,27H,17-21H2,1-2H3. The molecule has 1 aliphatic heterocycles. The van der Waals surface area contributed by atoms with Crippen LogP contribution in [0.15, 0.2) is 84.9 Å². The first-order chi connectivity index (χ1) is 15.1. The van der Waals surface area contributed by atoms with Crippen molar-refractivity contribution < 1.29 is 4.79 Å². The van der Waals surface area contributed by atoms with Gasteiger partial charge in [0.05, 0.1) is 0 Å². The minimum atomic E-state index is 0.0558. The summed E-state index contributed by atoms with van der Waals surface area (Å²) in [6, 6.07) is 30.0. The number of hydrogen-bond donors (Lipinski definition) is 0. The second-order valence-electron chi connectivity index (χ2n) is 8.81. The van der Waals surface area contributed by atoms with Gasteiger partial charge in [-0.05, 0) is 60.7 Å². The van der Waals surface area contributed by atoms with E-state index >= 15 is 0 Å². The van der Waals surface area contributed by atoms with E-state index in [2.05, 4.69) is 77.7 Å². The van der Waals surface area contributed by atoms with E-state index in [9.17, 15) is 4.79 Å². The maximum Gasteiger partial charge on any atom is 0.253 e. The predicted octanol–water partition coefficient (Wildman–Crippen LogP) is 5.43. The zero-order chi connectivity index (χ0) is 21.6. The molecule has 0 N–H and O–H groups in total. The minimum Gasteiger partial charge on any atom is -0.345 e. The van der Waals surface area contributed by atoms with E-state index in [0.29, 0.717) is 11.8 Å². The lowest BCUT2D eigenvalue weighted by atomic mass is 9.76. The number of nitrogens with zero attached hydrogens (tertiary/aromatic N) is 2. The molecule has 0 spiro atoms. The van der Waals surface area contributed by atoms with Crippen LogP contribution in [-0.2, 0) is 6.54 Å². The summed E-state index contributed by atoms with van der Waals surface area (Å²) >= 11 is 0. The molecule has 3 nitrogen and oxygen atoms in total. The highest BCUT2D eigenvalue weighted by Crippen LogP contribution is 2.38. The van der Waals surface area contributed by atoms with Crippen molar-refractivity contribution in [3.05, 3.63) is 107 Å². The number of amides is 1. The van der Waals surface area contributed by atoms with E-state index in [-0.39, 0.29) is 5.91 Å². The van der Waals surface area contributed by atoms with Gasteiger partial charge in [0.25, 0.3) is 5.91 Å². The molecule has 3 aromatic rings. The van der Waals surface area contributed by atoms with Crippen molar-refractivity contribution in [1.82, 2.24) is 9.80 Å². The maximum absolute atomic E-state index is 12.1. The number of likely N-dealkylation sites (tertiary alicyclic amines) is 1. The Kier molecular flexibility index (Phi) is 6.83. The Morgan fingerprint density at radius 3 is 1.84 bits per heavy atom. The fraction of sp³-hybridized carbons (Fsp3) is 0.321. The second-order valence-corrected chi connectivity index (χ2v) is 8.81. The zero-order valence-electron chi connectivity index (χ0n) is 18.6. The molecule has 1 fully saturated rings. The smallest absolute Gasteiger partial charge is 0.253 e. The highest BCUT2D eigenvalue weighted by atomic mass is 16.2. The van der Waals surface area contributed by atoms with Crippen LogP contribution in [-0.4, -0.2) is 42.9 Å². The molecule has 0 aromatic heterocycles. The second kappa shape index (κ2) is 9.93. The number of carbonyl (C=O) groups excluding carboxylic acids is 1. The van der Waals surface area contributed by atoms with Gasteiger partial charge in [-0.1, -0.05) is 72.8 Å². The van der Waals surface area contributed by atoms with E-state index in [4.69, 9.17) is 0 Å². The van der Waals surface area contributed by atoms with Gasteiger partial charge in [0, 0.05) is 32.1 Å². The van der Waals surface area contributed by atoms with Gasteiger partial charge in [-0.2, -0.15) is 0 Å². The van der Waals surface area contributed by atoms with Gasteiger partial charge in [-0.25, -0.2) is 0 Å². The molecule has 0 saturated carbocycles. The average molecular weight is 413 g/mol. The summed E-state index contributed by atoms with van der Waals surface area (Å²) in [6.07, 6.45) is 2.40. The van der Waals surface area contributed by atoms with Crippen molar-refractivity contribution in [2.45, 2.75) is 25.3 Å². The zero-order valence-corrected chi connectivity index (χ0v) is 18.6. The molecule has 0 radical (unpaired) electrons. The van der Waals surface area contributed by atoms with Crippen LogP contribution in [0.5, 0.6) is 0 Å². The molecule has 0 unspecified atom stereocenters. The number of carbonyl (C=O) groups is 1. The third kappa shape index (κ3) is 5.23. The first-order valence-electron chi connectivity index (χ1n) is 11.2. The molecule has 1 amide bonds. The van der Waals surface area contributed by atoms with Crippen LogP contribution >= 0.6 is 0 Å². The van der Waals surface area contributed by atoms with Crippen LogP contribution in [0.4, 0.5) is 0 Å². The van der Waals surface area contributed by atoms with E-state index in [0.717, 1.165) is 25.2 Å². The molecule has 3 heteroatoms. The van der Waals surface area contributed by atoms with Crippen molar-refractivity contribution in [1.29, 1.82) is 0 Å². The summed E-state index contributed by atoms with van der Waals surface area (Å²) in [5.41, 5.74) is 4.87. The summed E-state index contributed by atoms with van der Waals surface area (Å²) in [7, 11) is 3.58. The predicted molar refractivity (Wildman–Crippen MR) is 127 cm³/mol. The molecule has 1 saturated heterocycles. The molecule has 1 aliphatic rings. The average Bonchev–Trinajstić information content (AvgIpc) is 2.82. The van der Waals surface area contributed by atoms with Crippen LogP contribution in [0.2, 0.25) is 0 Å². The van der Waals surface area contributed by atoms with Crippen molar-refractivity contribution in [2.24, 2.45) is 5.92 Å². The Hall–Kier alpha value is -2.91. The first kappa shape index (κ1) is 21.3. The van der Waals surface area contributed by atoms with Crippen LogP contribution in [0.3, 0.4) is 0 Å². The van der Waals surface area contributed by atoms with Crippen molar-refractivity contribution in [3.8, 4) is 0 Å². The van der Waals surface area contributed by atoms with Crippen LogP contribution < -0.4 is 0 Å². The van der Waals surface area contributed by atoms with Gasteiger partial charge in [0.2, 0.25) is 0 Å². The van der Waals surface area contributed by atoms with Gasteiger partial charge in [0.1, 0.15) is 0 Å². The van der Waals surface area contributed by atoms with E-state index < -0.39 is 0 Å². The maximum atomic E-state index is 12.1. The van der Waals surface area contributed by atoms with Gasteiger partial charge in [0.15, 0.2) is 0 Å². The third-order valence-electron chi connectivity index (χ3n) is 6.43. The number of benzene rings is 3. The van der Waals surface area contributed by atoms with E-state index in [1.54, 1.807) is 19.0 Å². The molecule has 1 heterocycles. The summed E-state index contributed by atoms with van der Waals surface area (Å²) in [4.78, 5) is 16.3. The van der Waals surface area contributed by atoms with Crippen LogP contribution in [0.25, 0.3) is 0 Å². The van der Waals surface area contributed by atoms with Gasteiger partial charge < -0.3 is 4.90 Å². The Morgan fingerprint density at radius 1 is 0.839 bits per heavy atom.